The first-order valence-electron chi connectivity index (χ1n) is 7.82. The molecule has 0 heterocycles. The summed E-state index contributed by atoms with van der Waals surface area (Å²) in [5.74, 6) is -0.227. The van der Waals surface area contributed by atoms with Crippen LogP contribution in [0.15, 0.2) is 30.3 Å². The van der Waals surface area contributed by atoms with Crippen LogP contribution < -0.4 is 10.6 Å². The molecule has 0 aliphatic rings. The van der Waals surface area contributed by atoms with Gasteiger partial charge in [0, 0.05) is 13.7 Å². The molecule has 128 valence electrons. The smallest absolute Gasteiger partial charge is 0.408 e. The number of hydrogen-bond donors (Lipinski definition) is 2. The van der Waals surface area contributed by atoms with E-state index in [1.165, 1.54) is 0 Å². The van der Waals surface area contributed by atoms with Gasteiger partial charge in [-0.2, -0.15) is 0 Å². The highest BCUT2D eigenvalue weighted by Crippen LogP contribution is 2.09. The third kappa shape index (κ3) is 7.15. The van der Waals surface area contributed by atoms with Gasteiger partial charge >= 0.3 is 6.09 Å². The molecule has 0 aliphatic carbocycles. The van der Waals surface area contributed by atoms with Crippen LogP contribution in [0.4, 0.5) is 4.79 Å². The van der Waals surface area contributed by atoms with Crippen LogP contribution in [0.3, 0.4) is 0 Å². The second-order valence-electron chi connectivity index (χ2n) is 5.35. The SMILES string of the molecule is CC[C@H](C)[C@@H](NC(=O)OCc1ccccc1)C(=O)NCCOC. The van der Waals surface area contributed by atoms with E-state index in [1.807, 2.05) is 44.2 Å². The van der Waals surface area contributed by atoms with E-state index in [0.717, 1.165) is 12.0 Å². The molecule has 0 bridgehead atoms. The molecule has 0 aromatic heterocycles. The third-order valence-electron chi connectivity index (χ3n) is 3.59. The lowest BCUT2D eigenvalue weighted by Crippen LogP contribution is -2.50. The number of amides is 2. The summed E-state index contributed by atoms with van der Waals surface area (Å²) in [6.07, 6.45) is 0.169. The summed E-state index contributed by atoms with van der Waals surface area (Å²) in [6.45, 7) is 4.89. The number of methoxy groups -OCH3 is 1. The lowest BCUT2D eigenvalue weighted by atomic mass is 9.98. The molecule has 1 aromatic carbocycles. The Labute approximate surface area is 137 Å². The van der Waals surface area contributed by atoms with Crippen molar-refractivity contribution in [3.05, 3.63) is 35.9 Å². The van der Waals surface area contributed by atoms with Crippen molar-refractivity contribution in [3.8, 4) is 0 Å². The second-order valence-corrected chi connectivity index (χ2v) is 5.35. The van der Waals surface area contributed by atoms with Gasteiger partial charge in [0.1, 0.15) is 12.6 Å². The van der Waals surface area contributed by atoms with E-state index in [4.69, 9.17) is 9.47 Å². The van der Waals surface area contributed by atoms with Gasteiger partial charge < -0.3 is 20.1 Å². The van der Waals surface area contributed by atoms with E-state index in [2.05, 4.69) is 10.6 Å². The monoisotopic (exact) mass is 322 g/mol. The summed E-state index contributed by atoms with van der Waals surface area (Å²) in [5, 5.41) is 5.39. The topological polar surface area (TPSA) is 76.7 Å². The lowest BCUT2D eigenvalue weighted by molar-refractivity contribution is -0.124. The van der Waals surface area contributed by atoms with E-state index >= 15 is 0 Å². The Morgan fingerprint density at radius 2 is 1.91 bits per heavy atom. The van der Waals surface area contributed by atoms with Gasteiger partial charge in [0.25, 0.3) is 0 Å². The minimum atomic E-state index is -0.625. The van der Waals surface area contributed by atoms with Crippen LogP contribution in [0.5, 0.6) is 0 Å². The van der Waals surface area contributed by atoms with Gasteiger partial charge in [0.2, 0.25) is 5.91 Å². The van der Waals surface area contributed by atoms with Crippen LogP contribution in [0.25, 0.3) is 0 Å². The van der Waals surface area contributed by atoms with E-state index in [1.54, 1.807) is 7.11 Å². The Hall–Kier alpha value is -2.08. The van der Waals surface area contributed by atoms with Crippen LogP contribution in [-0.2, 0) is 20.9 Å². The van der Waals surface area contributed by atoms with Crippen molar-refractivity contribution in [1.29, 1.82) is 0 Å². The highest BCUT2D eigenvalue weighted by Gasteiger charge is 2.26. The minimum absolute atomic E-state index is 0.00169. The molecule has 0 spiro atoms. The summed E-state index contributed by atoms with van der Waals surface area (Å²) in [4.78, 5) is 24.1. The highest BCUT2D eigenvalue weighted by atomic mass is 16.5. The van der Waals surface area contributed by atoms with Crippen LogP contribution in [0, 0.1) is 5.92 Å². The van der Waals surface area contributed by atoms with Crippen molar-refractivity contribution in [2.75, 3.05) is 20.3 Å². The van der Waals surface area contributed by atoms with Crippen molar-refractivity contribution < 1.29 is 19.1 Å². The van der Waals surface area contributed by atoms with E-state index < -0.39 is 12.1 Å². The molecule has 0 aliphatic heterocycles. The molecular formula is C17H26N2O4. The molecule has 23 heavy (non-hydrogen) atoms. The van der Waals surface area contributed by atoms with Gasteiger partial charge in [-0.3, -0.25) is 4.79 Å². The Bertz CT molecular complexity index is 479. The largest absolute Gasteiger partial charge is 0.445 e. The predicted molar refractivity (Wildman–Crippen MR) is 87.9 cm³/mol. The number of alkyl carbamates (subject to hydrolysis) is 1. The number of benzene rings is 1. The standard InChI is InChI=1S/C17H26N2O4/c1-4-13(2)15(16(20)18-10-11-22-3)19-17(21)23-12-14-8-6-5-7-9-14/h5-9,13,15H,4,10-12H2,1-3H3,(H,18,20)(H,19,21)/t13-,15+/m0/s1. The quantitative estimate of drug-likeness (QED) is 0.683. The van der Waals surface area contributed by atoms with Crippen molar-refractivity contribution in [2.24, 2.45) is 5.92 Å². The number of ether oxygens (including phenoxy) is 2. The molecule has 0 saturated heterocycles. The zero-order chi connectivity index (χ0) is 17.1. The first-order chi connectivity index (χ1) is 11.1. The molecule has 2 N–H and O–H groups in total. The van der Waals surface area contributed by atoms with Gasteiger partial charge in [0.15, 0.2) is 0 Å². The maximum Gasteiger partial charge on any atom is 0.408 e. The normalized spacial score (nSPS) is 13.0. The zero-order valence-corrected chi connectivity index (χ0v) is 14.0. The maximum absolute atomic E-state index is 12.2. The van der Waals surface area contributed by atoms with E-state index in [9.17, 15) is 9.59 Å². The molecule has 6 heteroatoms. The molecule has 0 saturated carbocycles. The number of carbonyl (C=O) groups excluding carboxylic acids is 2. The Kier molecular flexibility index (Phi) is 8.75. The van der Waals surface area contributed by atoms with Crippen molar-refractivity contribution >= 4 is 12.0 Å². The molecule has 0 fully saturated rings. The van der Waals surface area contributed by atoms with Gasteiger partial charge in [0.05, 0.1) is 6.61 Å². The number of nitrogens with one attached hydrogen (secondary N) is 2. The fourth-order valence-corrected chi connectivity index (χ4v) is 1.98. The lowest BCUT2D eigenvalue weighted by Gasteiger charge is -2.23. The molecule has 0 radical (unpaired) electrons. The Morgan fingerprint density at radius 3 is 2.52 bits per heavy atom. The zero-order valence-electron chi connectivity index (χ0n) is 14.0. The average Bonchev–Trinajstić information content (AvgIpc) is 2.58. The summed E-state index contributed by atoms with van der Waals surface area (Å²) in [5.41, 5.74) is 0.896. The average molecular weight is 322 g/mol. The third-order valence-corrected chi connectivity index (χ3v) is 3.59. The van der Waals surface area contributed by atoms with Crippen molar-refractivity contribution in [3.63, 3.8) is 0 Å². The molecule has 0 unspecified atom stereocenters. The first kappa shape index (κ1) is 19.0. The van der Waals surface area contributed by atoms with Gasteiger partial charge in [-0.15, -0.1) is 0 Å². The minimum Gasteiger partial charge on any atom is -0.445 e. The second kappa shape index (κ2) is 10.6. The summed E-state index contributed by atoms with van der Waals surface area (Å²) >= 11 is 0. The first-order valence-corrected chi connectivity index (χ1v) is 7.82. The fraction of sp³-hybridized carbons (Fsp3) is 0.529. The molecular weight excluding hydrogens is 296 g/mol. The number of carbonyl (C=O) groups is 2. The van der Waals surface area contributed by atoms with Crippen LogP contribution in [0.2, 0.25) is 0 Å². The van der Waals surface area contributed by atoms with E-state index in [-0.39, 0.29) is 18.4 Å². The Morgan fingerprint density at radius 1 is 1.22 bits per heavy atom. The predicted octanol–water partition coefficient (Wildman–Crippen LogP) is 2.09. The highest BCUT2D eigenvalue weighted by molar-refractivity contribution is 5.85. The molecule has 1 aromatic rings. The number of hydrogen-bond acceptors (Lipinski definition) is 4. The molecule has 1 rings (SSSR count). The van der Waals surface area contributed by atoms with Crippen molar-refractivity contribution in [1.82, 2.24) is 10.6 Å². The summed E-state index contributed by atoms with van der Waals surface area (Å²) in [6, 6.07) is 8.77. The maximum atomic E-state index is 12.2. The fourth-order valence-electron chi connectivity index (χ4n) is 1.98. The van der Waals surface area contributed by atoms with Crippen LogP contribution in [-0.4, -0.2) is 38.3 Å². The summed E-state index contributed by atoms with van der Waals surface area (Å²) in [7, 11) is 1.57. The van der Waals surface area contributed by atoms with Crippen LogP contribution in [0.1, 0.15) is 25.8 Å². The Balaban J connectivity index is 2.51. The van der Waals surface area contributed by atoms with Crippen LogP contribution >= 0.6 is 0 Å². The summed E-state index contributed by atoms with van der Waals surface area (Å²) < 4.78 is 10.1. The molecule has 2 amide bonds. The molecule has 2 atom stereocenters. The van der Waals surface area contributed by atoms with Gasteiger partial charge in [-0.05, 0) is 11.5 Å². The van der Waals surface area contributed by atoms with E-state index in [0.29, 0.717) is 13.2 Å². The van der Waals surface area contributed by atoms with Crippen molar-refractivity contribution in [2.45, 2.75) is 32.9 Å². The number of rotatable bonds is 9. The van der Waals surface area contributed by atoms with Gasteiger partial charge in [-0.25, -0.2) is 4.79 Å². The molecule has 6 nitrogen and oxygen atoms in total. The van der Waals surface area contributed by atoms with Gasteiger partial charge in [-0.1, -0.05) is 50.6 Å².